The van der Waals surface area contributed by atoms with Gasteiger partial charge in [-0.3, -0.25) is 9.59 Å². The lowest BCUT2D eigenvalue weighted by molar-refractivity contribution is -0.113. The van der Waals surface area contributed by atoms with Crippen LogP contribution < -0.4 is 20.1 Å². The van der Waals surface area contributed by atoms with Crippen LogP contribution in [0.15, 0.2) is 77.0 Å². The van der Waals surface area contributed by atoms with Gasteiger partial charge < -0.3 is 20.1 Å². The van der Waals surface area contributed by atoms with Gasteiger partial charge in [0.1, 0.15) is 17.1 Å². The zero-order valence-electron chi connectivity index (χ0n) is 19.4. The summed E-state index contributed by atoms with van der Waals surface area (Å²) in [6.45, 7) is 0. The van der Waals surface area contributed by atoms with Crippen LogP contribution in [0.4, 0.5) is 10.8 Å². The Hall–Kier alpha value is -3.53. The number of thioether (sulfide) groups is 1. The number of nitrogens with zero attached hydrogens (tertiary/aromatic N) is 1. The molecule has 0 radical (unpaired) electrons. The number of hydrogen-bond donors (Lipinski definition) is 2. The third-order valence-corrected chi connectivity index (χ3v) is 7.05. The highest BCUT2D eigenvalue weighted by molar-refractivity contribution is 8.00. The Morgan fingerprint density at radius 2 is 1.61 bits per heavy atom. The van der Waals surface area contributed by atoms with Crippen molar-refractivity contribution in [2.45, 2.75) is 4.90 Å². The molecule has 4 rings (SSSR count). The molecule has 3 aromatic carbocycles. The second-order valence-corrected chi connectivity index (χ2v) is 9.74. The fourth-order valence-electron chi connectivity index (χ4n) is 3.29. The van der Waals surface area contributed by atoms with E-state index in [0.29, 0.717) is 32.9 Å². The molecular formula is C26H22ClN3O4S2. The Kier molecular flexibility index (Phi) is 8.48. The molecule has 1 heterocycles. The van der Waals surface area contributed by atoms with Crippen LogP contribution in [0.2, 0.25) is 5.02 Å². The van der Waals surface area contributed by atoms with Crippen LogP contribution in [0.3, 0.4) is 0 Å². The molecule has 0 fully saturated rings. The molecule has 0 aliphatic heterocycles. The number of carbonyl (C=O) groups is 2. The molecule has 0 unspecified atom stereocenters. The minimum atomic E-state index is -0.342. The average molecular weight is 540 g/mol. The smallest absolute Gasteiger partial charge is 0.263 e. The van der Waals surface area contributed by atoms with Crippen molar-refractivity contribution in [1.82, 2.24) is 4.98 Å². The summed E-state index contributed by atoms with van der Waals surface area (Å²) in [4.78, 5) is 30.6. The molecular weight excluding hydrogens is 518 g/mol. The number of hydrogen-bond acceptors (Lipinski definition) is 7. The molecule has 0 atom stereocenters. The van der Waals surface area contributed by atoms with Gasteiger partial charge in [-0.15, -0.1) is 23.1 Å². The van der Waals surface area contributed by atoms with Gasteiger partial charge in [-0.1, -0.05) is 29.8 Å². The molecule has 0 aliphatic rings. The zero-order valence-corrected chi connectivity index (χ0v) is 21.8. The molecule has 0 aliphatic carbocycles. The lowest BCUT2D eigenvalue weighted by Gasteiger charge is -2.13. The number of ether oxygens (including phenoxy) is 2. The molecule has 10 heteroatoms. The summed E-state index contributed by atoms with van der Waals surface area (Å²) in [7, 11) is 3.00. The van der Waals surface area contributed by atoms with E-state index in [1.54, 1.807) is 42.5 Å². The fourth-order valence-corrected chi connectivity index (χ4v) is 4.85. The summed E-state index contributed by atoms with van der Waals surface area (Å²) in [5.74, 6) is 0.569. The molecule has 2 N–H and O–H groups in total. The van der Waals surface area contributed by atoms with E-state index in [0.717, 1.165) is 16.2 Å². The minimum absolute atomic E-state index is 0.155. The Labute approximate surface area is 221 Å². The van der Waals surface area contributed by atoms with Gasteiger partial charge >= 0.3 is 0 Å². The molecule has 4 aromatic rings. The molecule has 0 saturated heterocycles. The highest BCUT2D eigenvalue weighted by atomic mass is 35.5. The van der Waals surface area contributed by atoms with E-state index in [1.807, 2.05) is 29.6 Å². The number of nitrogens with one attached hydrogen (secondary N) is 2. The van der Waals surface area contributed by atoms with E-state index in [1.165, 1.54) is 37.3 Å². The zero-order chi connectivity index (χ0) is 25.5. The number of amides is 2. The van der Waals surface area contributed by atoms with Crippen LogP contribution in [0.25, 0.3) is 11.3 Å². The predicted octanol–water partition coefficient (Wildman–Crippen LogP) is 6.46. The van der Waals surface area contributed by atoms with Crippen molar-refractivity contribution in [3.8, 4) is 22.8 Å². The summed E-state index contributed by atoms with van der Waals surface area (Å²) < 4.78 is 10.6. The second-order valence-electron chi connectivity index (χ2n) is 7.40. The average Bonchev–Trinajstić information content (AvgIpc) is 3.36. The van der Waals surface area contributed by atoms with Gasteiger partial charge in [-0.25, -0.2) is 4.98 Å². The molecule has 1 aromatic heterocycles. The Morgan fingerprint density at radius 1 is 0.944 bits per heavy atom. The van der Waals surface area contributed by atoms with Crippen LogP contribution in [-0.2, 0) is 4.79 Å². The third-order valence-electron chi connectivity index (χ3n) is 5.03. The molecule has 7 nitrogen and oxygen atoms in total. The van der Waals surface area contributed by atoms with E-state index in [-0.39, 0.29) is 17.6 Å². The molecule has 0 spiro atoms. The normalized spacial score (nSPS) is 10.5. The predicted molar refractivity (Wildman–Crippen MR) is 146 cm³/mol. The fraction of sp³-hybridized carbons (Fsp3) is 0.115. The molecule has 0 bridgehead atoms. The Balaban J connectivity index is 1.31. The van der Waals surface area contributed by atoms with Crippen LogP contribution in [0.5, 0.6) is 11.5 Å². The maximum absolute atomic E-state index is 12.8. The van der Waals surface area contributed by atoms with Crippen molar-refractivity contribution in [2.75, 3.05) is 30.6 Å². The first-order chi connectivity index (χ1) is 17.5. The number of halogens is 1. The first-order valence-electron chi connectivity index (χ1n) is 10.7. The van der Waals surface area contributed by atoms with Gasteiger partial charge in [0.15, 0.2) is 5.13 Å². The Bertz CT molecular complexity index is 1340. The van der Waals surface area contributed by atoms with Gasteiger partial charge in [0.2, 0.25) is 5.91 Å². The molecule has 0 saturated carbocycles. The second kappa shape index (κ2) is 11.9. The monoisotopic (exact) mass is 539 g/mol. The molecule has 184 valence electrons. The number of benzene rings is 3. The first-order valence-corrected chi connectivity index (χ1v) is 13.0. The largest absolute Gasteiger partial charge is 0.496 e. The highest BCUT2D eigenvalue weighted by Gasteiger charge is 2.18. The maximum atomic E-state index is 12.8. The first kappa shape index (κ1) is 25.6. The van der Waals surface area contributed by atoms with Crippen molar-refractivity contribution in [3.63, 3.8) is 0 Å². The maximum Gasteiger partial charge on any atom is 0.263 e. The van der Waals surface area contributed by atoms with E-state index in [9.17, 15) is 9.59 Å². The summed E-state index contributed by atoms with van der Waals surface area (Å²) in [5, 5.41) is 8.77. The number of rotatable bonds is 9. The quantitative estimate of drug-likeness (QED) is 0.237. The van der Waals surface area contributed by atoms with Crippen molar-refractivity contribution in [2.24, 2.45) is 0 Å². The third kappa shape index (κ3) is 6.37. The molecule has 2 amide bonds. The van der Waals surface area contributed by atoms with Gasteiger partial charge in [0.05, 0.1) is 25.7 Å². The molecule has 36 heavy (non-hydrogen) atoms. The van der Waals surface area contributed by atoms with Crippen LogP contribution in [0.1, 0.15) is 10.4 Å². The standard InChI is InChI=1S/C26H22ClN3O4S2/c1-33-21-4-3-5-22(34-2)24(21)25(32)28-18-10-12-19(13-11-18)35-15-23(31)30-26-29-20(14-36-26)16-6-8-17(27)9-7-16/h3-14H,15H2,1-2H3,(H,28,32)(H,29,30,31). The van der Waals surface area contributed by atoms with E-state index >= 15 is 0 Å². The van der Waals surface area contributed by atoms with Gasteiger partial charge in [0.25, 0.3) is 5.91 Å². The Morgan fingerprint density at radius 3 is 2.25 bits per heavy atom. The number of aromatic nitrogens is 1. The lowest BCUT2D eigenvalue weighted by atomic mass is 10.1. The number of thiazole rings is 1. The number of methoxy groups -OCH3 is 2. The lowest BCUT2D eigenvalue weighted by Crippen LogP contribution is -2.14. The van der Waals surface area contributed by atoms with E-state index < -0.39 is 0 Å². The SMILES string of the molecule is COc1cccc(OC)c1C(=O)Nc1ccc(SCC(=O)Nc2nc(-c3ccc(Cl)cc3)cs2)cc1. The van der Waals surface area contributed by atoms with Crippen LogP contribution in [-0.4, -0.2) is 36.8 Å². The van der Waals surface area contributed by atoms with Crippen LogP contribution >= 0.6 is 34.7 Å². The summed E-state index contributed by atoms with van der Waals surface area (Å²) in [6, 6.07) is 19.8. The van der Waals surface area contributed by atoms with Crippen molar-refractivity contribution in [1.29, 1.82) is 0 Å². The van der Waals surface area contributed by atoms with E-state index in [2.05, 4.69) is 15.6 Å². The summed E-state index contributed by atoms with van der Waals surface area (Å²) in [6.07, 6.45) is 0. The van der Waals surface area contributed by atoms with Gasteiger partial charge in [0, 0.05) is 26.5 Å². The van der Waals surface area contributed by atoms with Gasteiger partial charge in [-0.2, -0.15) is 0 Å². The summed E-state index contributed by atoms with van der Waals surface area (Å²) in [5.41, 5.74) is 2.64. The van der Waals surface area contributed by atoms with Gasteiger partial charge in [-0.05, 0) is 48.5 Å². The van der Waals surface area contributed by atoms with Crippen molar-refractivity contribution < 1.29 is 19.1 Å². The van der Waals surface area contributed by atoms with Crippen molar-refractivity contribution in [3.05, 3.63) is 82.7 Å². The summed E-state index contributed by atoms with van der Waals surface area (Å²) >= 11 is 8.68. The van der Waals surface area contributed by atoms with Crippen LogP contribution in [0, 0.1) is 0 Å². The number of anilines is 2. The topological polar surface area (TPSA) is 89.5 Å². The van der Waals surface area contributed by atoms with E-state index in [4.69, 9.17) is 21.1 Å². The van der Waals surface area contributed by atoms with Crippen molar-refractivity contribution >= 4 is 57.3 Å². The number of carbonyl (C=O) groups excluding carboxylic acids is 2. The highest BCUT2D eigenvalue weighted by Crippen LogP contribution is 2.30. The minimum Gasteiger partial charge on any atom is -0.496 e.